The average Bonchev–Trinajstić information content (AvgIpc) is 3.42. The standard InChI is InChI=1S/C22H23ClN10.C4H7NO/c1-13-12-31(2)5-6-32(13)18-8-14(9-24)7-17(19(18)23)28-21-29-20-15(10-25)11-26-33(20)22(30-21)27-16-3-4-16;6-4-2-1-3-5-4/h7-8,11,13,16H,3-6,12H2,1-2H3,(H2,27,28,29,30);1-3H2,(H,5,6). The van der Waals surface area contributed by atoms with Gasteiger partial charge in [-0.05, 0) is 45.4 Å². The van der Waals surface area contributed by atoms with Gasteiger partial charge < -0.3 is 25.8 Å². The van der Waals surface area contributed by atoms with Gasteiger partial charge in [0.15, 0.2) is 5.65 Å². The molecule has 2 aromatic heterocycles. The van der Waals surface area contributed by atoms with Gasteiger partial charge in [-0.2, -0.15) is 30.1 Å². The normalized spacial score (nSPS) is 19.1. The highest BCUT2D eigenvalue weighted by molar-refractivity contribution is 6.36. The van der Waals surface area contributed by atoms with E-state index in [-0.39, 0.29) is 17.9 Å². The van der Waals surface area contributed by atoms with E-state index in [4.69, 9.17) is 11.6 Å². The van der Waals surface area contributed by atoms with Gasteiger partial charge in [0.05, 0.1) is 34.2 Å². The van der Waals surface area contributed by atoms with Crippen LogP contribution in [0.15, 0.2) is 18.3 Å². The van der Waals surface area contributed by atoms with Crippen LogP contribution in [0.1, 0.15) is 43.7 Å². The number of fused-ring (bicyclic) bond motifs is 1. The van der Waals surface area contributed by atoms with E-state index in [0.717, 1.165) is 57.5 Å². The summed E-state index contributed by atoms with van der Waals surface area (Å²) < 4.78 is 1.53. The fourth-order valence-electron chi connectivity index (χ4n) is 4.67. The molecule has 0 spiro atoms. The highest BCUT2D eigenvalue weighted by atomic mass is 35.5. The molecule has 3 aromatic rings. The molecule has 2 saturated heterocycles. The molecule has 1 aliphatic carbocycles. The van der Waals surface area contributed by atoms with Crippen LogP contribution in [0.3, 0.4) is 0 Å². The maximum Gasteiger partial charge on any atom is 0.232 e. The quantitative estimate of drug-likeness (QED) is 0.435. The molecule has 3 fully saturated rings. The Balaban J connectivity index is 0.000000455. The van der Waals surface area contributed by atoms with Gasteiger partial charge in [-0.1, -0.05) is 11.6 Å². The van der Waals surface area contributed by atoms with Crippen LogP contribution in [0.2, 0.25) is 5.02 Å². The molecule has 1 atom stereocenters. The molecule has 39 heavy (non-hydrogen) atoms. The summed E-state index contributed by atoms with van der Waals surface area (Å²) in [6, 6.07) is 8.44. The van der Waals surface area contributed by atoms with Crippen LogP contribution in [0.25, 0.3) is 5.65 Å². The summed E-state index contributed by atoms with van der Waals surface area (Å²) in [4.78, 5) is 23.7. The van der Waals surface area contributed by atoms with Crippen molar-refractivity contribution in [3.8, 4) is 12.1 Å². The first-order valence-corrected chi connectivity index (χ1v) is 13.4. The Labute approximate surface area is 231 Å². The summed E-state index contributed by atoms with van der Waals surface area (Å²) in [5, 5.41) is 33.1. The number of rotatable bonds is 5. The Bertz CT molecular complexity index is 1460. The molecular weight excluding hydrogens is 518 g/mol. The van der Waals surface area contributed by atoms with Crippen molar-refractivity contribution >= 4 is 46.4 Å². The fraction of sp³-hybridized carbons (Fsp3) is 0.462. The van der Waals surface area contributed by atoms with Crippen molar-refractivity contribution < 1.29 is 4.79 Å². The molecule has 3 N–H and O–H groups in total. The van der Waals surface area contributed by atoms with E-state index in [1.54, 1.807) is 6.07 Å². The van der Waals surface area contributed by atoms with Crippen LogP contribution >= 0.6 is 11.6 Å². The zero-order valence-corrected chi connectivity index (χ0v) is 22.7. The first kappa shape index (κ1) is 26.5. The number of anilines is 4. The molecular formula is C26H30ClN11O. The predicted octanol–water partition coefficient (Wildman–Crippen LogP) is 2.88. The molecule has 1 saturated carbocycles. The van der Waals surface area contributed by atoms with Gasteiger partial charge in [0.2, 0.25) is 17.8 Å². The molecule has 0 radical (unpaired) electrons. The summed E-state index contributed by atoms with van der Waals surface area (Å²) in [6.45, 7) is 5.66. The number of hydrogen-bond acceptors (Lipinski definition) is 10. The SMILES string of the molecule is CC1CN(C)CCN1c1cc(C#N)cc(Nc2nc(NC3CC3)n3ncc(C#N)c3n2)c1Cl.O=C1CCCN1. The van der Waals surface area contributed by atoms with Crippen LogP contribution in [0.5, 0.6) is 0 Å². The van der Waals surface area contributed by atoms with Gasteiger partial charge in [0.1, 0.15) is 11.6 Å². The van der Waals surface area contributed by atoms with Crippen LogP contribution in [-0.4, -0.2) is 75.7 Å². The van der Waals surface area contributed by atoms with E-state index in [9.17, 15) is 15.3 Å². The number of halogens is 1. The highest BCUT2D eigenvalue weighted by Gasteiger charge is 2.26. The number of likely N-dealkylation sites (N-methyl/N-ethyl adjacent to an activating group) is 1. The number of amides is 1. The monoisotopic (exact) mass is 547 g/mol. The third kappa shape index (κ3) is 5.98. The molecule has 6 rings (SSSR count). The maximum atomic E-state index is 10.1. The van der Waals surface area contributed by atoms with Crippen molar-refractivity contribution in [2.24, 2.45) is 0 Å². The summed E-state index contributed by atoms with van der Waals surface area (Å²) in [5.41, 5.74) is 2.58. The molecule has 1 aromatic carbocycles. The summed E-state index contributed by atoms with van der Waals surface area (Å²) in [5.74, 6) is 0.985. The molecule has 12 nitrogen and oxygen atoms in total. The van der Waals surface area contributed by atoms with Crippen molar-refractivity contribution in [1.29, 1.82) is 10.5 Å². The second-order valence-corrected chi connectivity index (χ2v) is 10.4. The first-order valence-electron chi connectivity index (χ1n) is 13.0. The molecule has 3 aliphatic rings. The van der Waals surface area contributed by atoms with E-state index in [2.05, 4.69) is 66.9 Å². The third-order valence-electron chi connectivity index (χ3n) is 6.87. The second kappa shape index (κ2) is 11.3. The number of benzene rings is 1. The van der Waals surface area contributed by atoms with E-state index in [0.29, 0.717) is 39.5 Å². The summed E-state index contributed by atoms with van der Waals surface area (Å²) in [7, 11) is 2.10. The van der Waals surface area contributed by atoms with Gasteiger partial charge in [-0.3, -0.25) is 4.79 Å². The molecule has 4 heterocycles. The van der Waals surface area contributed by atoms with Crippen molar-refractivity contribution in [2.75, 3.05) is 48.8 Å². The lowest BCUT2D eigenvalue weighted by Crippen LogP contribution is -2.50. The lowest BCUT2D eigenvalue weighted by atomic mass is 10.1. The van der Waals surface area contributed by atoms with Crippen LogP contribution in [-0.2, 0) is 4.79 Å². The Kier molecular flexibility index (Phi) is 7.68. The first-order chi connectivity index (χ1) is 18.9. The summed E-state index contributed by atoms with van der Waals surface area (Å²) in [6.07, 6.45) is 5.35. The minimum absolute atomic E-state index is 0.204. The molecule has 0 bridgehead atoms. The Morgan fingerprint density at radius 2 is 2.00 bits per heavy atom. The lowest BCUT2D eigenvalue weighted by Gasteiger charge is -2.40. The third-order valence-corrected chi connectivity index (χ3v) is 7.27. The minimum Gasteiger partial charge on any atom is -0.365 e. The van der Waals surface area contributed by atoms with E-state index < -0.39 is 0 Å². The fourth-order valence-corrected chi connectivity index (χ4v) is 4.94. The lowest BCUT2D eigenvalue weighted by molar-refractivity contribution is -0.119. The smallest absolute Gasteiger partial charge is 0.232 e. The largest absolute Gasteiger partial charge is 0.365 e. The number of carbonyl (C=O) groups is 1. The zero-order chi connectivity index (χ0) is 27.5. The Morgan fingerprint density at radius 1 is 1.18 bits per heavy atom. The van der Waals surface area contributed by atoms with E-state index in [1.807, 2.05) is 6.07 Å². The zero-order valence-electron chi connectivity index (χ0n) is 21.9. The van der Waals surface area contributed by atoms with Crippen molar-refractivity contribution in [3.05, 3.63) is 34.5 Å². The van der Waals surface area contributed by atoms with E-state index >= 15 is 0 Å². The number of carbonyl (C=O) groups excluding carboxylic acids is 1. The van der Waals surface area contributed by atoms with Crippen LogP contribution < -0.4 is 20.9 Å². The topological polar surface area (TPSA) is 150 Å². The molecule has 202 valence electrons. The number of aromatic nitrogens is 4. The van der Waals surface area contributed by atoms with Crippen LogP contribution in [0.4, 0.5) is 23.3 Å². The Morgan fingerprint density at radius 3 is 2.62 bits per heavy atom. The van der Waals surface area contributed by atoms with Gasteiger partial charge >= 0.3 is 0 Å². The Hall–Kier alpha value is -4.13. The number of piperazine rings is 1. The number of hydrogen-bond donors (Lipinski definition) is 3. The molecule has 2 aliphatic heterocycles. The summed E-state index contributed by atoms with van der Waals surface area (Å²) >= 11 is 6.84. The molecule has 13 heteroatoms. The molecule has 1 unspecified atom stereocenters. The second-order valence-electron chi connectivity index (χ2n) is 10.0. The number of nitrogens with zero attached hydrogens (tertiary/aromatic N) is 8. The minimum atomic E-state index is 0.204. The molecule has 1 amide bonds. The maximum absolute atomic E-state index is 10.1. The van der Waals surface area contributed by atoms with E-state index in [1.165, 1.54) is 10.7 Å². The van der Waals surface area contributed by atoms with Crippen molar-refractivity contribution in [1.82, 2.24) is 29.8 Å². The van der Waals surface area contributed by atoms with Gasteiger partial charge in [-0.25, -0.2) is 0 Å². The average molecular weight is 548 g/mol. The number of nitrogens with one attached hydrogen (secondary N) is 3. The highest BCUT2D eigenvalue weighted by Crippen LogP contribution is 2.37. The van der Waals surface area contributed by atoms with Crippen molar-refractivity contribution in [2.45, 2.75) is 44.7 Å². The van der Waals surface area contributed by atoms with Crippen LogP contribution in [0, 0.1) is 22.7 Å². The van der Waals surface area contributed by atoms with Crippen molar-refractivity contribution in [3.63, 3.8) is 0 Å². The number of nitriles is 2. The van der Waals surface area contributed by atoms with Gasteiger partial charge in [0.25, 0.3) is 0 Å². The predicted molar refractivity (Wildman–Crippen MR) is 148 cm³/mol. The van der Waals surface area contributed by atoms with Gasteiger partial charge in [-0.15, -0.1) is 0 Å². The van der Waals surface area contributed by atoms with Gasteiger partial charge in [0, 0.05) is 44.7 Å².